The van der Waals surface area contributed by atoms with E-state index >= 15 is 0 Å². The molecule has 0 bridgehead atoms. The number of thioether (sulfide) groups is 1. The zero-order chi connectivity index (χ0) is 17.9. The van der Waals surface area contributed by atoms with Gasteiger partial charge in [0.05, 0.1) is 0 Å². The number of hydrogen-bond donors (Lipinski definition) is 0. The first-order valence-corrected chi connectivity index (χ1v) is 11.6. The van der Waals surface area contributed by atoms with Gasteiger partial charge in [0.15, 0.2) is 5.69 Å². The van der Waals surface area contributed by atoms with Crippen LogP contribution in [0.5, 0.6) is 0 Å². The number of nitrogens with zero attached hydrogens (tertiary/aromatic N) is 4. The minimum Gasteiger partial charge on any atom is -0.337 e. The molecule has 0 N–H and O–H groups in total. The highest BCUT2D eigenvalue weighted by Gasteiger charge is 2.33. The van der Waals surface area contributed by atoms with E-state index in [0.29, 0.717) is 6.04 Å². The lowest BCUT2D eigenvalue weighted by Gasteiger charge is -2.36. The number of carbonyl (C=O) groups is 1. The number of amides is 1. The van der Waals surface area contributed by atoms with Crippen LogP contribution in [0.15, 0.2) is 0 Å². The molecule has 1 aromatic rings. The van der Waals surface area contributed by atoms with Gasteiger partial charge in [-0.05, 0) is 39.0 Å². The van der Waals surface area contributed by atoms with Crippen molar-refractivity contribution in [3.63, 3.8) is 0 Å². The Hall–Kier alpha value is -1.01. The molecule has 0 radical (unpaired) electrons. The molecule has 1 aliphatic carbocycles. The molecule has 1 atom stereocenters. The Labute approximate surface area is 161 Å². The minimum absolute atomic E-state index is 0.185. The van der Waals surface area contributed by atoms with Gasteiger partial charge in [-0.1, -0.05) is 12.8 Å². The van der Waals surface area contributed by atoms with E-state index in [1.54, 1.807) is 0 Å². The second kappa shape index (κ2) is 8.34. The number of carbonyl (C=O) groups excluding carboxylic acids is 1. The fourth-order valence-electron chi connectivity index (χ4n) is 4.78. The second-order valence-electron chi connectivity index (χ2n) is 7.84. The van der Waals surface area contributed by atoms with E-state index in [-0.39, 0.29) is 5.91 Å². The monoisotopic (exact) mass is 376 g/mol. The molecule has 0 saturated carbocycles. The smallest absolute Gasteiger partial charge is 0.274 e. The Morgan fingerprint density at radius 3 is 2.54 bits per heavy atom. The average molecular weight is 377 g/mol. The predicted octanol–water partition coefficient (Wildman–Crippen LogP) is 2.83. The molecule has 1 amide bonds. The summed E-state index contributed by atoms with van der Waals surface area (Å²) in [6.07, 6.45) is 8.06. The fraction of sp³-hybridized carbons (Fsp3) is 0.800. The van der Waals surface area contributed by atoms with Crippen molar-refractivity contribution in [2.24, 2.45) is 0 Å². The highest BCUT2D eigenvalue weighted by Crippen LogP contribution is 2.30. The molecule has 2 fully saturated rings. The average Bonchev–Trinajstić information content (AvgIpc) is 2.86. The molecule has 5 nitrogen and oxygen atoms in total. The first kappa shape index (κ1) is 18.4. The van der Waals surface area contributed by atoms with Crippen LogP contribution in [0, 0.1) is 0 Å². The molecule has 2 aliphatic heterocycles. The van der Waals surface area contributed by atoms with Gasteiger partial charge in [0.1, 0.15) is 0 Å². The number of hydrogen-bond acceptors (Lipinski definition) is 4. The van der Waals surface area contributed by atoms with Crippen LogP contribution < -0.4 is 0 Å². The summed E-state index contributed by atoms with van der Waals surface area (Å²) in [7, 11) is 0. The highest BCUT2D eigenvalue weighted by molar-refractivity contribution is 7.99. The van der Waals surface area contributed by atoms with Crippen LogP contribution in [0.2, 0.25) is 0 Å². The topological polar surface area (TPSA) is 41.4 Å². The molecular weight excluding hydrogens is 344 g/mol. The van der Waals surface area contributed by atoms with E-state index < -0.39 is 0 Å². The summed E-state index contributed by atoms with van der Waals surface area (Å²) in [5.41, 5.74) is 3.35. The summed E-state index contributed by atoms with van der Waals surface area (Å²) < 4.78 is 2.10. The highest BCUT2D eigenvalue weighted by atomic mass is 32.2. The fourth-order valence-corrected chi connectivity index (χ4v) is 5.71. The lowest BCUT2D eigenvalue weighted by Crippen LogP contribution is -2.44. The Balaban J connectivity index is 1.58. The summed E-state index contributed by atoms with van der Waals surface area (Å²) in [6.45, 7) is 7.20. The largest absolute Gasteiger partial charge is 0.337 e. The summed E-state index contributed by atoms with van der Waals surface area (Å²) >= 11 is 2.07. The minimum atomic E-state index is 0.185. The summed E-state index contributed by atoms with van der Waals surface area (Å²) in [4.78, 5) is 18.0. The molecule has 144 valence electrons. The van der Waals surface area contributed by atoms with Crippen LogP contribution in [0.25, 0.3) is 0 Å². The van der Waals surface area contributed by atoms with E-state index in [0.717, 1.165) is 51.0 Å². The van der Waals surface area contributed by atoms with Crippen molar-refractivity contribution in [3.8, 4) is 0 Å². The maximum atomic E-state index is 13.3. The zero-order valence-corrected chi connectivity index (χ0v) is 16.9. The quantitative estimate of drug-likeness (QED) is 0.813. The van der Waals surface area contributed by atoms with Crippen molar-refractivity contribution < 1.29 is 4.79 Å². The zero-order valence-electron chi connectivity index (χ0n) is 16.1. The van der Waals surface area contributed by atoms with Crippen molar-refractivity contribution in [1.82, 2.24) is 19.6 Å². The molecule has 0 spiro atoms. The van der Waals surface area contributed by atoms with Crippen LogP contribution in [0.1, 0.15) is 60.8 Å². The Bertz CT molecular complexity index is 630. The third-order valence-electron chi connectivity index (χ3n) is 6.28. The molecule has 3 aliphatic rings. The third kappa shape index (κ3) is 3.68. The molecular formula is C20H32N4OS. The molecule has 26 heavy (non-hydrogen) atoms. The Morgan fingerprint density at radius 1 is 1.12 bits per heavy atom. The second-order valence-corrected chi connectivity index (χ2v) is 9.07. The molecule has 6 heteroatoms. The molecule has 1 aromatic heterocycles. The van der Waals surface area contributed by atoms with Crippen LogP contribution in [-0.4, -0.2) is 69.2 Å². The maximum Gasteiger partial charge on any atom is 0.274 e. The number of aryl methyl sites for hydroxylation is 1. The Kier molecular flexibility index (Phi) is 5.89. The predicted molar refractivity (Wildman–Crippen MR) is 107 cm³/mol. The van der Waals surface area contributed by atoms with E-state index in [1.807, 2.05) is 0 Å². The normalized spacial score (nSPS) is 25.0. The SMILES string of the molecule is CCn1nc(C(=O)N2CCCCCC2)c2c1CCC(N1CCSCC1)C2. The maximum absolute atomic E-state index is 13.3. The van der Waals surface area contributed by atoms with Crippen molar-refractivity contribution in [3.05, 3.63) is 17.0 Å². The lowest BCUT2D eigenvalue weighted by atomic mass is 9.90. The third-order valence-corrected chi connectivity index (χ3v) is 7.22. The molecule has 4 rings (SSSR count). The number of fused-ring (bicyclic) bond motifs is 1. The van der Waals surface area contributed by atoms with Gasteiger partial charge in [0, 0.05) is 61.5 Å². The van der Waals surface area contributed by atoms with Gasteiger partial charge < -0.3 is 4.90 Å². The molecule has 1 unspecified atom stereocenters. The van der Waals surface area contributed by atoms with Crippen LogP contribution >= 0.6 is 11.8 Å². The van der Waals surface area contributed by atoms with Gasteiger partial charge in [-0.2, -0.15) is 16.9 Å². The van der Waals surface area contributed by atoms with Crippen molar-refractivity contribution in [2.75, 3.05) is 37.7 Å². The first-order valence-electron chi connectivity index (χ1n) is 10.5. The van der Waals surface area contributed by atoms with Gasteiger partial charge in [0.2, 0.25) is 0 Å². The van der Waals surface area contributed by atoms with Crippen LogP contribution in [0.3, 0.4) is 0 Å². The molecule has 3 heterocycles. The summed E-state index contributed by atoms with van der Waals surface area (Å²) in [6, 6.07) is 0.591. The van der Waals surface area contributed by atoms with Crippen molar-refractivity contribution in [2.45, 2.75) is 64.5 Å². The molecule has 2 saturated heterocycles. The standard InChI is InChI=1S/C20H32N4OS/c1-2-24-18-8-7-16(22-11-13-26-14-12-22)15-17(18)19(21-24)20(25)23-9-5-3-4-6-10-23/h16H,2-15H2,1H3. The van der Waals surface area contributed by atoms with E-state index in [1.165, 1.54) is 55.1 Å². The van der Waals surface area contributed by atoms with Gasteiger partial charge >= 0.3 is 0 Å². The van der Waals surface area contributed by atoms with Gasteiger partial charge in [-0.3, -0.25) is 14.4 Å². The Morgan fingerprint density at radius 2 is 1.85 bits per heavy atom. The van der Waals surface area contributed by atoms with Gasteiger partial charge in [0.25, 0.3) is 5.91 Å². The first-order chi connectivity index (χ1) is 12.8. The van der Waals surface area contributed by atoms with E-state index in [4.69, 9.17) is 5.10 Å². The lowest BCUT2D eigenvalue weighted by molar-refractivity contribution is 0.0753. The number of rotatable bonds is 3. The van der Waals surface area contributed by atoms with E-state index in [2.05, 4.69) is 33.2 Å². The summed E-state index contributed by atoms with van der Waals surface area (Å²) in [5.74, 6) is 2.68. The van der Waals surface area contributed by atoms with Crippen LogP contribution in [0.4, 0.5) is 0 Å². The number of aromatic nitrogens is 2. The van der Waals surface area contributed by atoms with Crippen LogP contribution in [-0.2, 0) is 19.4 Å². The van der Waals surface area contributed by atoms with Gasteiger partial charge in [-0.15, -0.1) is 0 Å². The van der Waals surface area contributed by atoms with Crippen molar-refractivity contribution in [1.29, 1.82) is 0 Å². The summed E-state index contributed by atoms with van der Waals surface area (Å²) in [5, 5.41) is 4.80. The number of likely N-dealkylation sites (tertiary alicyclic amines) is 1. The van der Waals surface area contributed by atoms with Gasteiger partial charge in [-0.25, -0.2) is 0 Å². The molecule has 0 aromatic carbocycles. The van der Waals surface area contributed by atoms with E-state index in [9.17, 15) is 4.79 Å². The van der Waals surface area contributed by atoms with Crippen molar-refractivity contribution >= 4 is 17.7 Å².